The van der Waals surface area contributed by atoms with Crippen molar-refractivity contribution in [3.8, 4) is 0 Å². The van der Waals surface area contributed by atoms with Crippen molar-refractivity contribution in [2.24, 2.45) is 0 Å². The fraction of sp³-hybridized carbons (Fsp3) is 0.962. The quantitative estimate of drug-likeness (QED) is 0.112. The largest absolute Gasteiger partial charge is 0.460 e. The van der Waals surface area contributed by atoms with Crippen molar-refractivity contribution in [1.29, 1.82) is 0 Å². The first-order valence-corrected chi connectivity index (χ1v) is 13.3. The number of carbonyl (C=O) groups is 1. The van der Waals surface area contributed by atoms with Crippen molar-refractivity contribution >= 4 is 5.97 Å². The Morgan fingerprint density at radius 3 is 1.08 bits per heavy atom. The molecule has 0 aliphatic heterocycles. The third-order valence-electron chi connectivity index (χ3n) is 4.37. The number of esters is 1. The fourth-order valence-corrected chi connectivity index (χ4v) is 2.64. The van der Waals surface area contributed by atoms with Gasteiger partial charge < -0.3 is 42.6 Å². The van der Waals surface area contributed by atoms with E-state index in [1.807, 2.05) is 20.8 Å². The van der Waals surface area contributed by atoms with Crippen LogP contribution < -0.4 is 0 Å². The molecule has 0 aliphatic carbocycles. The number of hydrogen-bond donors (Lipinski definition) is 0. The number of hydrogen-bond acceptors (Lipinski definition) is 10. The van der Waals surface area contributed by atoms with Crippen LogP contribution in [0.5, 0.6) is 0 Å². The highest BCUT2D eigenvalue weighted by Gasteiger charge is 2.15. The van der Waals surface area contributed by atoms with Gasteiger partial charge in [-0.2, -0.15) is 0 Å². The van der Waals surface area contributed by atoms with Gasteiger partial charge in [-0.05, 0) is 27.2 Å². The first kappa shape index (κ1) is 35.2. The van der Waals surface area contributed by atoms with Gasteiger partial charge in [-0.15, -0.1) is 0 Å². The van der Waals surface area contributed by atoms with Gasteiger partial charge in [-0.25, -0.2) is 0 Å². The van der Waals surface area contributed by atoms with Gasteiger partial charge in [0.2, 0.25) is 0 Å². The van der Waals surface area contributed by atoms with E-state index in [1.165, 1.54) is 12.8 Å². The van der Waals surface area contributed by atoms with Crippen molar-refractivity contribution in [3.05, 3.63) is 0 Å². The van der Waals surface area contributed by atoms with Gasteiger partial charge in [0.15, 0.2) is 0 Å². The Balaban J connectivity index is 3.09. The van der Waals surface area contributed by atoms with Crippen LogP contribution in [0.15, 0.2) is 0 Å². The third-order valence-corrected chi connectivity index (χ3v) is 4.37. The van der Waals surface area contributed by atoms with Gasteiger partial charge in [0, 0.05) is 6.61 Å². The maximum Gasteiger partial charge on any atom is 0.308 e. The van der Waals surface area contributed by atoms with Crippen LogP contribution in [0.1, 0.15) is 53.4 Å². The molecule has 0 atom stereocenters. The molecule has 0 saturated heterocycles. The minimum absolute atomic E-state index is 0.241. The monoisotopic (exact) mass is 524 g/mol. The molecule has 216 valence electrons. The summed E-state index contributed by atoms with van der Waals surface area (Å²) in [5.74, 6) is -0.258. The van der Waals surface area contributed by atoms with Crippen molar-refractivity contribution in [2.45, 2.75) is 59.0 Å². The maximum absolute atomic E-state index is 11.5. The standard InChI is InChI=1S/C26H52O10/c1-5-6-7-9-28-11-13-30-15-17-32-19-21-34-23-24-35-22-20-33-18-16-31-14-12-29-10-8-25(27)36-26(2,3)4/h5-24H2,1-4H3. The summed E-state index contributed by atoms with van der Waals surface area (Å²) < 4.78 is 48.7. The zero-order valence-corrected chi connectivity index (χ0v) is 23.2. The lowest BCUT2D eigenvalue weighted by Crippen LogP contribution is -2.24. The minimum Gasteiger partial charge on any atom is -0.460 e. The Hall–Kier alpha value is -0.850. The van der Waals surface area contributed by atoms with Crippen molar-refractivity contribution < 1.29 is 47.4 Å². The van der Waals surface area contributed by atoms with Gasteiger partial charge in [-0.3, -0.25) is 4.79 Å². The predicted octanol–water partition coefficient (Wildman–Crippen LogP) is 3.04. The lowest BCUT2D eigenvalue weighted by Gasteiger charge is -2.19. The summed E-state index contributed by atoms with van der Waals surface area (Å²) in [6, 6.07) is 0. The third kappa shape index (κ3) is 31.2. The Morgan fingerprint density at radius 2 is 0.778 bits per heavy atom. The predicted molar refractivity (Wildman–Crippen MR) is 137 cm³/mol. The summed E-state index contributed by atoms with van der Waals surface area (Å²) in [6.07, 6.45) is 3.78. The summed E-state index contributed by atoms with van der Waals surface area (Å²) in [4.78, 5) is 11.5. The van der Waals surface area contributed by atoms with Crippen LogP contribution in [0, 0.1) is 0 Å². The summed E-state index contributed by atoms with van der Waals surface area (Å²) in [5, 5.41) is 0. The molecule has 36 heavy (non-hydrogen) atoms. The average molecular weight is 525 g/mol. The molecule has 10 nitrogen and oxygen atoms in total. The van der Waals surface area contributed by atoms with E-state index in [1.54, 1.807) is 0 Å². The highest BCUT2D eigenvalue weighted by atomic mass is 16.6. The molecule has 0 radical (unpaired) electrons. The molecule has 0 aromatic carbocycles. The second-order valence-electron chi connectivity index (χ2n) is 8.94. The van der Waals surface area contributed by atoms with E-state index in [0.29, 0.717) is 99.1 Å². The minimum atomic E-state index is -0.464. The van der Waals surface area contributed by atoms with Gasteiger partial charge in [0.05, 0.1) is 106 Å². The normalized spacial score (nSPS) is 11.8. The summed E-state index contributed by atoms with van der Waals surface area (Å²) >= 11 is 0. The lowest BCUT2D eigenvalue weighted by molar-refractivity contribution is -0.156. The molecule has 0 aliphatic rings. The van der Waals surface area contributed by atoms with Crippen molar-refractivity contribution in [3.63, 3.8) is 0 Å². The molecule has 0 amide bonds. The highest BCUT2D eigenvalue weighted by molar-refractivity contribution is 5.69. The van der Waals surface area contributed by atoms with Crippen LogP contribution in [0.3, 0.4) is 0 Å². The zero-order chi connectivity index (χ0) is 26.6. The Labute approximate surface area is 218 Å². The topological polar surface area (TPSA) is 100 Å². The molecule has 0 heterocycles. The van der Waals surface area contributed by atoms with E-state index < -0.39 is 5.60 Å². The number of carbonyl (C=O) groups excluding carboxylic acids is 1. The van der Waals surface area contributed by atoms with Gasteiger partial charge in [0.25, 0.3) is 0 Å². The van der Waals surface area contributed by atoms with Crippen molar-refractivity contribution in [1.82, 2.24) is 0 Å². The summed E-state index contributed by atoms with van der Waals surface area (Å²) in [6.45, 7) is 16.2. The lowest BCUT2D eigenvalue weighted by atomic mass is 10.2. The fourth-order valence-electron chi connectivity index (χ4n) is 2.64. The summed E-state index contributed by atoms with van der Waals surface area (Å²) in [5.41, 5.74) is -0.464. The van der Waals surface area contributed by atoms with Crippen LogP contribution >= 0.6 is 0 Å². The Kier molecular flexibility index (Phi) is 26.5. The molecule has 0 spiro atoms. The van der Waals surface area contributed by atoms with Crippen molar-refractivity contribution in [2.75, 3.05) is 106 Å². The van der Waals surface area contributed by atoms with E-state index in [0.717, 1.165) is 13.0 Å². The number of unbranched alkanes of at least 4 members (excludes halogenated alkanes) is 2. The van der Waals surface area contributed by atoms with E-state index in [4.69, 9.17) is 42.6 Å². The first-order chi connectivity index (χ1) is 17.5. The SMILES string of the molecule is CCCCCOCCOCCOCCOCCOCCOCCOCCOCCC(=O)OC(C)(C)C. The van der Waals surface area contributed by atoms with Gasteiger partial charge >= 0.3 is 5.97 Å². The molecule has 0 fully saturated rings. The molecular formula is C26H52O10. The molecule has 0 rings (SSSR count). The van der Waals surface area contributed by atoms with Crippen LogP contribution in [0.2, 0.25) is 0 Å². The van der Waals surface area contributed by atoms with E-state index in [9.17, 15) is 4.79 Å². The highest BCUT2D eigenvalue weighted by Crippen LogP contribution is 2.08. The molecule has 10 heteroatoms. The molecule has 0 bridgehead atoms. The molecular weight excluding hydrogens is 472 g/mol. The maximum atomic E-state index is 11.5. The van der Waals surface area contributed by atoms with Gasteiger partial charge in [-0.1, -0.05) is 19.8 Å². The molecule has 0 aromatic rings. The Morgan fingerprint density at radius 1 is 0.472 bits per heavy atom. The van der Waals surface area contributed by atoms with Gasteiger partial charge in [0.1, 0.15) is 5.60 Å². The zero-order valence-electron chi connectivity index (χ0n) is 23.2. The number of rotatable bonds is 28. The number of ether oxygens (including phenoxy) is 9. The molecule has 0 saturated carbocycles. The van der Waals surface area contributed by atoms with E-state index in [-0.39, 0.29) is 12.4 Å². The average Bonchev–Trinajstić information content (AvgIpc) is 2.82. The van der Waals surface area contributed by atoms with E-state index >= 15 is 0 Å². The van der Waals surface area contributed by atoms with Crippen LogP contribution in [-0.4, -0.2) is 117 Å². The summed E-state index contributed by atoms with van der Waals surface area (Å²) in [7, 11) is 0. The second-order valence-corrected chi connectivity index (χ2v) is 8.94. The van der Waals surface area contributed by atoms with Crippen LogP contribution in [0.25, 0.3) is 0 Å². The molecule has 0 aromatic heterocycles. The van der Waals surface area contributed by atoms with Crippen LogP contribution in [0.4, 0.5) is 0 Å². The smallest absolute Gasteiger partial charge is 0.308 e. The van der Waals surface area contributed by atoms with E-state index in [2.05, 4.69) is 6.92 Å². The van der Waals surface area contributed by atoms with Crippen LogP contribution in [-0.2, 0) is 47.4 Å². The second kappa shape index (κ2) is 27.2. The Bertz CT molecular complexity index is 456. The molecule has 0 unspecified atom stereocenters. The first-order valence-electron chi connectivity index (χ1n) is 13.3. The molecule has 0 N–H and O–H groups in total.